The molecule has 0 N–H and O–H groups in total. The molecule has 3 aromatic rings. The third kappa shape index (κ3) is 2.92. The predicted molar refractivity (Wildman–Crippen MR) is 104 cm³/mol. The molecule has 0 amide bonds. The zero-order valence-corrected chi connectivity index (χ0v) is 16.5. The minimum absolute atomic E-state index is 0.125. The molecule has 0 saturated carbocycles. The van der Waals surface area contributed by atoms with Crippen molar-refractivity contribution < 1.29 is 19.0 Å². The topological polar surface area (TPSA) is 75.0 Å². The molecule has 2 heterocycles. The van der Waals surface area contributed by atoms with Crippen LogP contribution in [0.1, 0.15) is 35.1 Å². The first-order chi connectivity index (χ1) is 13.6. The van der Waals surface area contributed by atoms with Crippen LogP contribution in [0.3, 0.4) is 0 Å². The number of hydrogen-bond donors (Lipinski definition) is 0. The fourth-order valence-electron chi connectivity index (χ4n) is 3.86. The molecule has 0 aliphatic heterocycles. The lowest BCUT2D eigenvalue weighted by molar-refractivity contribution is 0.0951. The first kappa shape index (κ1) is 18.4. The van der Waals surface area contributed by atoms with E-state index >= 15 is 0 Å². The summed E-state index contributed by atoms with van der Waals surface area (Å²) in [6, 6.07) is 5.72. The molecule has 1 aliphatic carbocycles. The first-order valence-corrected chi connectivity index (χ1v) is 9.21. The van der Waals surface area contributed by atoms with Crippen LogP contribution in [0.4, 0.5) is 0 Å². The van der Waals surface area contributed by atoms with Crippen molar-refractivity contribution in [2.45, 2.75) is 26.4 Å². The number of carbonyl (C=O) groups excluding carboxylic acids is 1. The van der Waals surface area contributed by atoms with Gasteiger partial charge in [-0.25, -0.2) is 9.50 Å². The normalized spacial score (nSPS) is 16.3. The summed E-state index contributed by atoms with van der Waals surface area (Å²) in [7, 11) is 4.85. The predicted octanol–water partition coefficient (Wildman–Crippen LogP) is 3.32. The number of benzene rings is 1. The van der Waals surface area contributed by atoms with Gasteiger partial charge in [0.05, 0.1) is 43.3 Å². The number of ether oxygens (including phenoxy) is 3. The molecule has 7 heteroatoms. The van der Waals surface area contributed by atoms with E-state index in [0.29, 0.717) is 35.7 Å². The minimum Gasteiger partial charge on any atom is -0.493 e. The van der Waals surface area contributed by atoms with Crippen molar-refractivity contribution in [3.8, 4) is 22.6 Å². The van der Waals surface area contributed by atoms with Gasteiger partial charge in [0.25, 0.3) is 0 Å². The Hall–Kier alpha value is -2.93. The highest BCUT2D eigenvalue weighted by molar-refractivity contribution is 5.98. The van der Waals surface area contributed by atoms with Gasteiger partial charge in [-0.3, -0.25) is 4.79 Å². The highest BCUT2D eigenvalue weighted by Crippen LogP contribution is 2.36. The number of carbonyl (C=O) groups is 1. The number of methoxy groups -OCH3 is 3. The van der Waals surface area contributed by atoms with Gasteiger partial charge < -0.3 is 14.2 Å². The monoisotopic (exact) mass is 381 g/mol. The standard InChI is InChI=1S/C21H23N3O4/c1-12-7-16-14(17(25)8-12)10-22-21-20(15(11-26-2)23-24(16)21)13-5-6-18(27-3)19(9-13)28-4/h5-6,9-10,12H,7-8,11H2,1-4H3. The van der Waals surface area contributed by atoms with E-state index in [2.05, 4.69) is 11.9 Å². The van der Waals surface area contributed by atoms with Crippen LogP contribution in [0.5, 0.6) is 11.5 Å². The van der Waals surface area contributed by atoms with Gasteiger partial charge in [0.1, 0.15) is 0 Å². The Labute approximate surface area is 163 Å². The third-order valence-electron chi connectivity index (χ3n) is 5.15. The second-order valence-electron chi connectivity index (χ2n) is 7.12. The molecular weight excluding hydrogens is 358 g/mol. The molecule has 0 fully saturated rings. The molecule has 0 radical (unpaired) electrons. The third-order valence-corrected chi connectivity index (χ3v) is 5.15. The number of hydrogen-bond acceptors (Lipinski definition) is 6. The van der Waals surface area contributed by atoms with Crippen molar-refractivity contribution in [1.29, 1.82) is 0 Å². The van der Waals surface area contributed by atoms with Gasteiger partial charge in [-0.15, -0.1) is 0 Å². The number of ketones is 1. The second kappa shape index (κ2) is 7.24. The lowest BCUT2D eigenvalue weighted by Crippen LogP contribution is -2.21. The van der Waals surface area contributed by atoms with Crippen LogP contribution >= 0.6 is 0 Å². The van der Waals surface area contributed by atoms with E-state index in [1.54, 1.807) is 27.5 Å². The van der Waals surface area contributed by atoms with E-state index in [1.807, 2.05) is 22.7 Å². The summed E-state index contributed by atoms with van der Waals surface area (Å²) < 4.78 is 18.0. The molecule has 1 aromatic carbocycles. The number of fused-ring (bicyclic) bond motifs is 3. The Kier molecular flexibility index (Phi) is 4.77. The maximum atomic E-state index is 12.4. The number of rotatable bonds is 5. The molecule has 146 valence electrons. The molecule has 2 aromatic heterocycles. The molecule has 1 atom stereocenters. The first-order valence-electron chi connectivity index (χ1n) is 9.21. The Balaban J connectivity index is 1.97. The fraction of sp³-hybridized carbons (Fsp3) is 0.381. The van der Waals surface area contributed by atoms with Gasteiger partial charge in [-0.2, -0.15) is 5.10 Å². The van der Waals surface area contributed by atoms with Crippen molar-refractivity contribution >= 4 is 11.4 Å². The van der Waals surface area contributed by atoms with Crippen LogP contribution in [0.2, 0.25) is 0 Å². The average Bonchev–Trinajstić information content (AvgIpc) is 3.06. The Bertz CT molecular complexity index is 1060. The maximum absolute atomic E-state index is 12.4. The molecular formula is C21H23N3O4. The van der Waals surface area contributed by atoms with Crippen LogP contribution in [0.25, 0.3) is 16.8 Å². The Morgan fingerprint density at radius 1 is 1.14 bits per heavy atom. The van der Waals surface area contributed by atoms with E-state index in [9.17, 15) is 4.79 Å². The summed E-state index contributed by atoms with van der Waals surface area (Å²) in [6.45, 7) is 2.42. The maximum Gasteiger partial charge on any atom is 0.166 e. The summed E-state index contributed by atoms with van der Waals surface area (Å²) in [6.07, 6.45) is 3.02. The average molecular weight is 381 g/mol. The molecule has 0 saturated heterocycles. The van der Waals surface area contributed by atoms with Crippen LogP contribution in [-0.2, 0) is 17.8 Å². The zero-order valence-electron chi connectivity index (χ0n) is 16.5. The quantitative estimate of drug-likeness (QED) is 0.675. The number of Topliss-reactive ketones (excluding diaryl/α,β-unsaturated/α-hetero) is 1. The van der Waals surface area contributed by atoms with Crippen molar-refractivity contribution in [1.82, 2.24) is 14.6 Å². The Morgan fingerprint density at radius 3 is 2.64 bits per heavy atom. The molecule has 4 rings (SSSR count). The van der Waals surface area contributed by atoms with Crippen LogP contribution < -0.4 is 9.47 Å². The van der Waals surface area contributed by atoms with Gasteiger partial charge in [0, 0.05) is 19.7 Å². The smallest absolute Gasteiger partial charge is 0.166 e. The highest BCUT2D eigenvalue weighted by Gasteiger charge is 2.28. The highest BCUT2D eigenvalue weighted by atomic mass is 16.5. The lowest BCUT2D eigenvalue weighted by atomic mass is 9.88. The van der Waals surface area contributed by atoms with Crippen LogP contribution in [-0.4, -0.2) is 41.7 Å². The number of aromatic nitrogens is 3. The fourth-order valence-corrected chi connectivity index (χ4v) is 3.86. The van der Waals surface area contributed by atoms with Gasteiger partial charge in [-0.05, 0) is 30.0 Å². The van der Waals surface area contributed by atoms with E-state index in [-0.39, 0.29) is 11.7 Å². The summed E-state index contributed by atoms with van der Waals surface area (Å²) in [5.74, 6) is 1.69. The van der Waals surface area contributed by atoms with Crippen LogP contribution in [0, 0.1) is 5.92 Å². The van der Waals surface area contributed by atoms with Crippen LogP contribution in [0.15, 0.2) is 24.4 Å². The van der Waals surface area contributed by atoms with Gasteiger partial charge in [0.15, 0.2) is 22.9 Å². The summed E-state index contributed by atoms with van der Waals surface area (Å²) >= 11 is 0. The van der Waals surface area contributed by atoms with Crippen molar-refractivity contribution in [2.24, 2.45) is 5.92 Å². The van der Waals surface area contributed by atoms with E-state index in [1.165, 1.54) is 0 Å². The molecule has 1 aliphatic rings. The van der Waals surface area contributed by atoms with Gasteiger partial charge >= 0.3 is 0 Å². The van der Waals surface area contributed by atoms with Gasteiger partial charge in [0.2, 0.25) is 0 Å². The summed E-state index contributed by atoms with van der Waals surface area (Å²) in [5, 5.41) is 4.76. The van der Waals surface area contributed by atoms with E-state index in [4.69, 9.17) is 19.3 Å². The molecule has 28 heavy (non-hydrogen) atoms. The van der Waals surface area contributed by atoms with Crippen molar-refractivity contribution in [3.05, 3.63) is 41.3 Å². The molecule has 0 bridgehead atoms. The van der Waals surface area contributed by atoms with E-state index in [0.717, 1.165) is 28.9 Å². The largest absolute Gasteiger partial charge is 0.493 e. The lowest BCUT2D eigenvalue weighted by Gasteiger charge is -2.20. The molecule has 7 nitrogen and oxygen atoms in total. The number of nitrogens with zero attached hydrogens (tertiary/aromatic N) is 3. The second-order valence-corrected chi connectivity index (χ2v) is 7.12. The molecule has 0 spiro atoms. The Morgan fingerprint density at radius 2 is 1.93 bits per heavy atom. The summed E-state index contributed by atoms with van der Waals surface area (Å²) in [4.78, 5) is 17.0. The molecule has 1 unspecified atom stereocenters. The van der Waals surface area contributed by atoms with Crippen molar-refractivity contribution in [3.63, 3.8) is 0 Å². The minimum atomic E-state index is 0.125. The zero-order chi connectivity index (χ0) is 19.8. The SMILES string of the molecule is COCc1nn2c3c(cnc2c1-c1ccc(OC)c(OC)c1)C(=O)CC(C)C3. The van der Waals surface area contributed by atoms with Gasteiger partial charge in [-0.1, -0.05) is 13.0 Å². The van der Waals surface area contributed by atoms with E-state index < -0.39 is 0 Å². The summed E-state index contributed by atoms with van der Waals surface area (Å²) in [5.41, 5.74) is 4.83. The van der Waals surface area contributed by atoms with Crippen molar-refractivity contribution in [2.75, 3.05) is 21.3 Å².